The Morgan fingerprint density at radius 1 is 1.44 bits per heavy atom. The van der Waals surface area contributed by atoms with Crippen LogP contribution in [0.1, 0.15) is 18.4 Å². The van der Waals surface area contributed by atoms with Gasteiger partial charge in [-0.15, -0.1) is 0 Å². The third-order valence-electron chi connectivity index (χ3n) is 2.93. The lowest BCUT2D eigenvalue weighted by Crippen LogP contribution is -2.33. The van der Waals surface area contributed by atoms with Crippen molar-refractivity contribution < 1.29 is 8.78 Å². The zero-order chi connectivity index (χ0) is 11.5. The zero-order valence-electron chi connectivity index (χ0n) is 8.96. The second-order valence-electron chi connectivity index (χ2n) is 4.13. The molecule has 1 aliphatic heterocycles. The summed E-state index contributed by atoms with van der Waals surface area (Å²) < 4.78 is 26.4. The van der Waals surface area contributed by atoms with E-state index in [4.69, 9.17) is 5.73 Å². The van der Waals surface area contributed by atoms with Crippen LogP contribution >= 0.6 is 11.8 Å². The summed E-state index contributed by atoms with van der Waals surface area (Å²) in [6.07, 6.45) is 2.68. The number of halogens is 2. The normalized spacial score (nSPS) is 22.3. The van der Waals surface area contributed by atoms with E-state index in [1.165, 1.54) is 12.5 Å². The van der Waals surface area contributed by atoms with Crippen LogP contribution in [0.2, 0.25) is 0 Å². The summed E-state index contributed by atoms with van der Waals surface area (Å²) in [6.45, 7) is 0. The van der Waals surface area contributed by atoms with E-state index in [2.05, 4.69) is 0 Å². The van der Waals surface area contributed by atoms with Crippen LogP contribution in [0.25, 0.3) is 0 Å². The molecule has 0 spiro atoms. The summed E-state index contributed by atoms with van der Waals surface area (Å²) in [5.74, 6) is -0.408. The maximum Gasteiger partial charge on any atom is 0.162 e. The van der Waals surface area contributed by atoms with Gasteiger partial charge in [0.1, 0.15) is 0 Å². The van der Waals surface area contributed by atoms with Crippen molar-refractivity contribution >= 4 is 11.8 Å². The van der Waals surface area contributed by atoms with Crippen LogP contribution in [-0.2, 0) is 6.42 Å². The van der Waals surface area contributed by atoms with Crippen molar-refractivity contribution in [1.82, 2.24) is 0 Å². The molecule has 0 aliphatic carbocycles. The highest BCUT2D eigenvalue weighted by molar-refractivity contribution is 8.00. The van der Waals surface area contributed by atoms with Gasteiger partial charge in [-0.3, -0.25) is 0 Å². The van der Waals surface area contributed by atoms with Gasteiger partial charge < -0.3 is 5.73 Å². The van der Waals surface area contributed by atoms with E-state index in [0.717, 1.165) is 18.2 Å². The van der Waals surface area contributed by atoms with Crippen molar-refractivity contribution in [2.75, 3.05) is 5.75 Å². The molecule has 88 valence electrons. The van der Waals surface area contributed by atoms with Crippen molar-refractivity contribution in [2.45, 2.75) is 30.6 Å². The van der Waals surface area contributed by atoms with Crippen LogP contribution in [0.5, 0.6) is 0 Å². The molecule has 1 aromatic rings. The second-order valence-corrected chi connectivity index (χ2v) is 5.48. The quantitative estimate of drug-likeness (QED) is 0.883. The molecule has 2 unspecified atom stereocenters. The number of hydrogen-bond donors (Lipinski definition) is 1. The Balaban J connectivity index is 2.05. The monoisotopic (exact) mass is 243 g/mol. The number of nitrogens with two attached hydrogens (primary N) is 1. The Morgan fingerprint density at radius 2 is 2.25 bits per heavy atom. The Bertz CT molecular complexity index is 364. The molecular weight excluding hydrogens is 228 g/mol. The molecule has 2 rings (SSSR count). The summed E-state index contributed by atoms with van der Waals surface area (Å²) in [6, 6.07) is 4.19. The summed E-state index contributed by atoms with van der Waals surface area (Å²) in [5, 5.41) is 0.391. The molecule has 2 atom stereocenters. The first kappa shape index (κ1) is 11.9. The third kappa shape index (κ3) is 2.55. The van der Waals surface area contributed by atoms with Gasteiger partial charge in [0.25, 0.3) is 0 Å². The summed E-state index contributed by atoms with van der Waals surface area (Å²) in [4.78, 5) is 0. The van der Waals surface area contributed by atoms with E-state index in [1.807, 2.05) is 11.8 Å². The van der Waals surface area contributed by atoms with E-state index in [1.54, 1.807) is 6.07 Å². The van der Waals surface area contributed by atoms with E-state index in [9.17, 15) is 8.78 Å². The molecule has 1 aromatic carbocycles. The van der Waals surface area contributed by atoms with Crippen molar-refractivity contribution in [3.05, 3.63) is 35.4 Å². The zero-order valence-corrected chi connectivity index (χ0v) is 9.77. The van der Waals surface area contributed by atoms with E-state index in [0.29, 0.717) is 17.2 Å². The SMILES string of the molecule is NC(Cc1cccc(F)c1F)C1CCCS1. The lowest BCUT2D eigenvalue weighted by Gasteiger charge is -2.18. The topological polar surface area (TPSA) is 26.0 Å². The number of rotatable bonds is 3. The minimum absolute atomic E-state index is 0.0798. The molecule has 0 bridgehead atoms. The summed E-state index contributed by atoms with van der Waals surface area (Å²) >= 11 is 1.84. The molecule has 4 heteroatoms. The molecule has 1 fully saturated rings. The highest BCUT2D eigenvalue weighted by Crippen LogP contribution is 2.29. The van der Waals surface area contributed by atoms with Crippen molar-refractivity contribution in [3.8, 4) is 0 Å². The minimum Gasteiger partial charge on any atom is -0.326 e. The van der Waals surface area contributed by atoms with Gasteiger partial charge in [0.2, 0.25) is 0 Å². The highest BCUT2D eigenvalue weighted by atomic mass is 32.2. The van der Waals surface area contributed by atoms with Gasteiger partial charge in [0.15, 0.2) is 11.6 Å². The summed E-state index contributed by atoms with van der Waals surface area (Å²) in [5.41, 5.74) is 6.41. The fourth-order valence-electron chi connectivity index (χ4n) is 2.03. The van der Waals surface area contributed by atoms with Gasteiger partial charge in [0.05, 0.1) is 0 Å². The second kappa shape index (κ2) is 5.15. The van der Waals surface area contributed by atoms with E-state index < -0.39 is 11.6 Å². The highest BCUT2D eigenvalue weighted by Gasteiger charge is 2.23. The maximum atomic E-state index is 13.4. The van der Waals surface area contributed by atoms with Crippen LogP contribution in [0.3, 0.4) is 0 Å². The molecule has 16 heavy (non-hydrogen) atoms. The molecule has 1 heterocycles. The van der Waals surface area contributed by atoms with Crippen LogP contribution < -0.4 is 5.73 Å². The van der Waals surface area contributed by atoms with Crippen molar-refractivity contribution in [1.29, 1.82) is 0 Å². The molecule has 1 aliphatic rings. The average molecular weight is 243 g/mol. The van der Waals surface area contributed by atoms with Crippen LogP contribution in [0, 0.1) is 11.6 Å². The Kier molecular flexibility index (Phi) is 3.82. The molecule has 0 saturated carbocycles. The number of benzene rings is 1. The fourth-order valence-corrected chi connectivity index (χ4v) is 3.34. The first-order valence-electron chi connectivity index (χ1n) is 5.48. The standard InChI is InChI=1S/C12H15F2NS/c13-9-4-1-3-8(12(9)14)7-10(15)11-5-2-6-16-11/h1,3-4,10-11H,2,5-7,15H2. The summed E-state index contributed by atoms with van der Waals surface area (Å²) in [7, 11) is 0. The lowest BCUT2D eigenvalue weighted by molar-refractivity contribution is 0.490. The number of thioether (sulfide) groups is 1. The smallest absolute Gasteiger partial charge is 0.162 e. The van der Waals surface area contributed by atoms with Gasteiger partial charge in [-0.1, -0.05) is 12.1 Å². The van der Waals surface area contributed by atoms with Gasteiger partial charge in [0, 0.05) is 11.3 Å². The minimum atomic E-state index is -0.788. The van der Waals surface area contributed by atoms with Gasteiger partial charge in [-0.05, 0) is 36.6 Å². The third-order valence-corrected chi connectivity index (χ3v) is 4.47. The van der Waals surface area contributed by atoms with E-state index >= 15 is 0 Å². The molecule has 2 N–H and O–H groups in total. The molecule has 0 radical (unpaired) electrons. The van der Waals surface area contributed by atoms with Crippen molar-refractivity contribution in [3.63, 3.8) is 0 Å². The molecule has 1 saturated heterocycles. The number of hydrogen-bond acceptors (Lipinski definition) is 2. The van der Waals surface area contributed by atoms with Crippen LogP contribution in [0.15, 0.2) is 18.2 Å². The van der Waals surface area contributed by atoms with Gasteiger partial charge >= 0.3 is 0 Å². The first-order valence-corrected chi connectivity index (χ1v) is 6.53. The maximum absolute atomic E-state index is 13.4. The largest absolute Gasteiger partial charge is 0.326 e. The molecular formula is C12H15F2NS. The molecule has 1 nitrogen and oxygen atoms in total. The Labute approximate surface area is 98.4 Å². The van der Waals surface area contributed by atoms with Crippen LogP contribution in [-0.4, -0.2) is 17.0 Å². The van der Waals surface area contributed by atoms with E-state index in [-0.39, 0.29) is 6.04 Å². The first-order chi connectivity index (χ1) is 7.68. The Hall–Kier alpha value is -0.610. The predicted molar refractivity (Wildman–Crippen MR) is 63.5 cm³/mol. The molecule has 0 aromatic heterocycles. The van der Waals surface area contributed by atoms with Gasteiger partial charge in [-0.25, -0.2) is 8.78 Å². The predicted octanol–water partition coefficient (Wildman–Crippen LogP) is 2.73. The van der Waals surface area contributed by atoms with Gasteiger partial charge in [-0.2, -0.15) is 11.8 Å². The average Bonchev–Trinajstić information content (AvgIpc) is 2.78. The molecule has 0 amide bonds. The fraction of sp³-hybridized carbons (Fsp3) is 0.500. The van der Waals surface area contributed by atoms with Crippen molar-refractivity contribution in [2.24, 2.45) is 5.73 Å². The van der Waals surface area contributed by atoms with Crippen LogP contribution in [0.4, 0.5) is 8.78 Å². The Morgan fingerprint density at radius 3 is 2.94 bits per heavy atom. The lowest BCUT2D eigenvalue weighted by atomic mass is 10.0.